The van der Waals surface area contributed by atoms with E-state index in [9.17, 15) is 14.4 Å². The van der Waals surface area contributed by atoms with Gasteiger partial charge in [0.1, 0.15) is 22.0 Å². The standard InChI is InChI=1S/C30H22N2O6S/c1-3-36-29(35)27-17(2)31-30(39-27)32-24(18-10-9-13-20(16-18)37-19-11-5-4-6-12-19)23-25(33)21-14-7-8-15-22(21)38-26(23)28(32)34/h4-16,24H,3H2,1-2H3/t24-/m1/s1. The summed E-state index contributed by atoms with van der Waals surface area (Å²) >= 11 is 1.04. The zero-order valence-electron chi connectivity index (χ0n) is 21.0. The number of benzene rings is 3. The van der Waals surface area contributed by atoms with Crippen LogP contribution >= 0.6 is 11.3 Å². The highest BCUT2D eigenvalue weighted by atomic mass is 32.1. The number of hydrogen-bond donors (Lipinski definition) is 0. The van der Waals surface area contributed by atoms with Gasteiger partial charge in [-0.1, -0.05) is 53.8 Å². The van der Waals surface area contributed by atoms with Gasteiger partial charge in [0.15, 0.2) is 10.6 Å². The number of nitrogens with zero attached hydrogens (tertiary/aromatic N) is 2. The van der Waals surface area contributed by atoms with Gasteiger partial charge in [-0.05, 0) is 55.8 Å². The molecule has 0 saturated heterocycles. The summed E-state index contributed by atoms with van der Waals surface area (Å²) in [4.78, 5) is 46.5. The van der Waals surface area contributed by atoms with Crippen LogP contribution < -0.4 is 15.1 Å². The summed E-state index contributed by atoms with van der Waals surface area (Å²) in [6.45, 7) is 3.61. The molecule has 0 aliphatic carbocycles. The first-order valence-electron chi connectivity index (χ1n) is 12.3. The quantitative estimate of drug-likeness (QED) is 0.235. The summed E-state index contributed by atoms with van der Waals surface area (Å²) in [5, 5.41) is 0.630. The number of anilines is 1. The Labute approximate surface area is 227 Å². The van der Waals surface area contributed by atoms with Gasteiger partial charge in [-0.2, -0.15) is 0 Å². The van der Waals surface area contributed by atoms with Crippen LogP contribution in [0.15, 0.2) is 88.1 Å². The molecule has 1 amide bonds. The van der Waals surface area contributed by atoms with E-state index in [1.165, 1.54) is 4.90 Å². The summed E-state index contributed by atoms with van der Waals surface area (Å²) in [5.41, 5.74) is 1.28. The van der Waals surface area contributed by atoms with Crippen molar-refractivity contribution in [2.75, 3.05) is 11.5 Å². The average Bonchev–Trinajstić information content (AvgIpc) is 3.47. The molecule has 9 heteroatoms. The molecule has 6 rings (SSSR count). The van der Waals surface area contributed by atoms with Crippen molar-refractivity contribution in [2.45, 2.75) is 19.9 Å². The van der Waals surface area contributed by atoms with E-state index in [0.717, 1.165) is 11.3 Å². The summed E-state index contributed by atoms with van der Waals surface area (Å²) < 4.78 is 17.2. The molecular formula is C30H22N2O6S. The van der Waals surface area contributed by atoms with Gasteiger partial charge in [-0.3, -0.25) is 14.5 Å². The Kier molecular flexibility index (Phi) is 6.20. The van der Waals surface area contributed by atoms with E-state index in [1.807, 2.05) is 36.4 Å². The number of fused-ring (bicyclic) bond motifs is 2. The van der Waals surface area contributed by atoms with E-state index in [0.29, 0.717) is 38.6 Å². The number of ether oxygens (including phenoxy) is 2. The third-order valence-corrected chi connectivity index (χ3v) is 7.52. The van der Waals surface area contributed by atoms with Gasteiger partial charge in [-0.25, -0.2) is 9.78 Å². The van der Waals surface area contributed by atoms with E-state index in [2.05, 4.69) is 4.98 Å². The highest BCUT2D eigenvalue weighted by molar-refractivity contribution is 7.17. The molecule has 0 N–H and O–H groups in total. The number of amides is 1. The second kappa shape index (κ2) is 9.85. The predicted molar refractivity (Wildman–Crippen MR) is 147 cm³/mol. The first-order chi connectivity index (χ1) is 19.0. The molecule has 0 radical (unpaired) electrons. The molecule has 5 aromatic rings. The average molecular weight is 539 g/mol. The van der Waals surface area contributed by atoms with Crippen LogP contribution in [0.1, 0.15) is 50.0 Å². The number of aryl methyl sites for hydroxylation is 1. The Bertz CT molecular complexity index is 1790. The summed E-state index contributed by atoms with van der Waals surface area (Å²) in [6, 6.07) is 22.5. The fraction of sp³-hybridized carbons (Fsp3) is 0.133. The number of hydrogen-bond acceptors (Lipinski definition) is 8. The molecule has 3 heterocycles. The normalized spacial score (nSPS) is 14.5. The molecule has 1 atom stereocenters. The van der Waals surface area contributed by atoms with Crippen LogP contribution in [-0.2, 0) is 4.74 Å². The molecular weight excluding hydrogens is 516 g/mol. The van der Waals surface area contributed by atoms with Gasteiger partial charge < -0.3 is 13.9 Å². The molecule has 0 spiro atoms. The monoisotopic (exact) mass is 538 g/mol. The maximum Gasteiger partial charge on any atom is 0.350 e. The van der Waals surface area contributed by atoms with Crippen molar-refractivity contribution in [3.63, 3.8) is 0 Å². The fourth-order valence-electron chi connectivity index (χ4n) is 4.68. The van der Waals surface area contributed by atoms with Crippen molar-refractivity contribution in [3.8, 4) is 11.5 Å². The van der Waals surface area contributed by atoms with Crippen LogP contribution in [-0.4, -0.2) is 23.5 Å². The van der Waals surface area contributed by atoms with E-state index >= 15 is 0 Å². The van der Waals surface area contributed by atoms with Gasteiger partial charge in [-0.15, -0.1) is 0 Å². The molecule has 0 unspecified atom stereocenters. The van der Waals surface area contributed by atoms with E-state index in [-0.39, 0.29) is 28.5 Å². The topological polar surface area (TPSA) is 98.9 Å². The molecule has 2 aromatic heterocycles. The molecule has 194 valence electrons. The Hall–Kier alpha value is -4.76. The number of esters is 1. The third kappa shape index (κ3) is 4.26. The van der Waals surface area contributed by atoms with Crippen molar-refractivity contribution < 1.29 is 23.5 Å². The van der Waals surface area contributed by atoms with Gasteiger partial charge in [0.25, 0.3) is 5.91 Å². The SMILES string of the molecule is CCOC(=O)c1sc(N2C(=O)c3oc4ccccc4c(=O)c3[C@H]2c2cccc(Oc3ccccc3)c2)nc1C. The second-order valence-corrected chi connectivity index (χ2v) is 9.84. The van der Waals surface area contributed by atoms with Crippen molar-refractivity contribution in [2.24, 2.45) is 0 Å². The molecule has 3 aromatic carbocycles. The van der Waals surface area contributed by atoms with Crippen LogP contribution in [0.25, 0.3) is 11.0 Å². The lowest BCUT2D eigenvalue weighted by Gasteiger charge is -2.23. The minimum Gasteiger partial charge on any atom is -0.462 e. The zero-order chi connectivity index (χ0) is 27.1. The van der Waals surface area contributed by atoms with Crippen molar-refractivity contribution >= 4 is 39.3 Å². The van der Waals surface area contributed by atoms with Gasteiger partial charge in [0.2, 0.25) is 5.76 Å². The largest absolute Gasteiger partial charge is 0.462 e. The van der Waals surface area contributed by atoms with E-state index in [1.54, 1.807) is 56.3 Å². The fourth-order valence-corrected chi connectivity index (χ4v) is 5.66. The lowest BCUT2D eigenvalue weighted by atomic mass is 9.98. The maximum absolute atomic E-state index is 13.9. The summed E-state index contributed by atoms with van der Waals surface area (Å²) in [6.07, 6.45) is 0. The van der Waals surface area contributed by atoms with Gasteiger partial charge in [0, 0.05) is 0 Å². The lowest BCUT2D eigenvalue weighted by Crippen LogP contribution is -2.29. The van der Waals surface area contributed by atoms with E-state index < -0.39 is 17.9 Å². The molecule has 39 heavy (non-hydrogen) atoms. The molecule has 1 aliphatic rings. The third-order valence-electron chi connectivity index (χ3n) is 6.38. The number of carbonyl (C=O) groups excluding carboxylic acids is 2. The summed E-state index contributed by atoms with van der Waals surface area (Å²) in [7, 11) is 0. The number of carbonyl (C=O) groups is 2. The van der Waals surface area contributed by atoms with Crippen LogP contribution in [0.4, 0.5) is 5.13 Å². The van der Waals surface area contributed by atoms with Gasteiger partial charge >= 0.3 is 5.97 Å². The van der Waals surface area contributed by atoms with Crippen LogP contribution in [0.3, 0.4) is 0 Å². The Morgan fingerprint density at radius 3 is 2.54 bits per heavy atom. The highest BCUT2D eigenvalue weighted by Crippen LogP contribution is 2.44. The second-order valence-electron chi connectivity index (χ2n) is 8.87. The highest BCUT2D eigenvalue weighted by Gasteiger charge is 2.45. The first kappa shape index (κ1) is 24.6. The summed E-state index contributed by atoms with van der Waals surface area (Å²) in [5.74, 6) is 0.0967. The van der Waals surface area contributed by atoms with Crippen LogP contribution in [0.2, 0.25) is 0 Å². The van der Waals surface area contributed by atoms with Crippen molar-refractivity contribution in [1.29, 1.82) is 0 Å². The lowest BCUT2D eigenvalue weighted by molar-refractivity contribution is 0.0531. The molecule has 0 fully saturated rings. The van der Waals surface area contributed by atoms with E-state index in [4.69, 9.17) is 13.9 Å². The Morgan fingerprint density at radius 1 is 1.00 bits per heavy atom. The van der Waals surface area contributed by atoms with Gasteiger partial charge in [0.05, 0.1) is 29.3 Å². The number of para-hydroxylation sites is 2. The van der Waals surface area contributed by atoms with Crippen LogP contribution in [0.5, 0.6) is 11.5 Å². The molecule has 0 saturated carbocycles. The number of rotatable bonds is 6. The predicted octanol–water partition coefficient (Wildman–Crippen LogP) is 6.28. The molecule has 8 nitrogen and oxygen atoms in total. The Morgan fingerprint density at radius 2 is 1.74 bits per heavy atom. The smallest absolute Gasteiger partial charge is 0.350 e. The first-order valence-corrected chi connectivity index (χ1v) is 13.1. The zero-order valence-corrected chi connectivity index (χ0v) is 21.9. The number of aromatic nitrogens is 1. The van der Waals surface area contributed by atoms with Crippen molar-refractivity contribution in [1.82, 2.24) is 4.98 Å². The van der Waals surface area contributed by atoms with Crippen LogP contribution in [0, 0.1) is 6.92 Å². The number of thiazole rings is 1. The minimum absolute atomic E-state index is 0.0522. The van der Waals surface area contributed by atoms with Crippen molar-refractivity contribution in [3.05, 3.63) is 117 Å². The molecule has 1 aliphatic heterocycles. The molecule has 0 bridgehead atoms. The maximum atomic E-state index is 13.9. The minimum atomic E-state index is -0.853. The Balaban J connectivity index is 1.53.